The van der Waals surface area contributed by atoms with Crippen molar-refractivity contribution in [3.63, 3.8) is 0 Å². The van der Waals surface area contributed by atoms with Gasteiger partial charge in [-0.2, -0.15) is 0 Å². The number of methoxy groups -OCH3 is 1. The van der Waals surface area contributed by atoms with Crippen LogP contribution in [0, 0.1) is 11.3 Å². The van der Waals surface area contributed by atoms with E-state index in [1.165, 1.54) is 26.1 Å². The van der Waals surface area contributed by atoms with Crippen LogP contribution in [0.1, 0.15) is 76.8 Å². The van der Waals surface area contributed by atoms with Gasteiger partial charge in [-0.15, -0.1) is 11.3 Å². The number of pyridine rings is 1. The Bertz CT molecular complexity index is 2390. The summed E-state index contributed by atoms with van der Waals surface area (Å²) in [7, 11) is 8.73. The first kappa shape index (κ1) is 47.9. The fourth-order valence-electron chi connectivity index (χ4n) is 9.46. The van der Waals surface area contributed by atoms with Gasteiger partial charge in [0.2, 0.25) is 5.91 Å². The number of thiazole rings is 1. The summed E-state index contributed by atoms with van der Waals surface area (Å²) in [5.41, 5.74) is 10.5. The summed E-state index contributed by atoms with van der Waals surface area (Å²) in [5, 5.41) is 8.17. The first-order chi connectivity index (χ1) is 30.9. The zero-order valence-corrected chi connectivity index (χ0v) is 40.9. The standard InChI is InChI=1S/C48H68N10O6S/c1-12-57-39-16-15-31-22-33(39)35(43(57)34-23-32(26-49-41(34)30(4)63-11)56-20-18-54(9)19-21-56)25-48(5,6)28-64-46(61)36-14-13-17-58(52-36)45(60)37(24-40-50-38(31)27-65-40)51-44(59)42(29(2)3)55(10)47(62)53(7)8/h15-16,22-23,26-27,29-30,36-37,42,52H,12-14,17-21,24-25,28H2,1-11H3,(H,51,59)/t30-,36-,37-,42?/m0/s1. The Morgan fingerprint density at radius 2 is 1.82 bits per heavy atom. The van der Waals surface area contributed by atoms with Crippen molar-refractivity contribution >= 4 is 51.7 Å². The number of benzene rings is 1. The monoisotopic (exact) mass is 913 g/mol. The van der Waals surface area contributed by atoms with E-state index in [4.69, 9.17) is 19.4 Å². The molecule has 3 aliphatic heterocycles. The average molecular weight is 913 g/mol. The number of urea groups is 1. The first-order valence-corrected chi connectivity index (χ1v) is 23.8. The molecule has 65 heavy (non-hydrogen) atoms. The molecule has 4 aromatic rings. The predicted molar refractivity (Wildman–Crippen MR) is 255 cm³/mol. The molecule has 17 heteroatoms. The van der Waals surface area contributed by atoms with Gasteiger partial charge in [0, 0.05) is 107 Å². The molecule has 2 N–H and O–H groups in total. The molecule has 3 aliphatic rings. The van der Waals surface area contributed by atoms with Crippen LogP contribution in [0.25, 0.3) is 33.4 Å². The number of carbonyl (C=O) groups excluding carboxylic acids is 4. The summed E-state index contributed by atoms with van der Waals surface area (Å²) >= 11 is 1.43. The number of likely N-dealkylation sites (N-methyl/N-ethyl adjacent to an activating group) is 2. The number of hydrogen-bond acceptors (Lipinski definition) is 12. The topological polar surface area (TPSA) is 158 Å². The first-order valence-electron chi connectivity index (χ1n) is 23.0. The van der Waals surface area contributed by atoms with E-state index in [1.807, 2.05) is 32.3 Å². The minimum atomic E-state index is -1.04. The number of rotatable bonds is 9. The van der Waals surface area contributed by atoms with Crippen LogP contribution >= 0.6 is 11.3 Å². The van der Waals surface area contributed by atoms with Gasteiger partial charge in [0.15, 0.2) is 0 Å². The number of anilines is 1. The molecule has 0 saturated carbocycles. The minimum absolute atomic E-state index is 0.105. The number of carbonyl (C=O) groups is 4. The highest BCUT2D eigenvalue weighted by Gasteiger charge is 2.38. The number of nitrogens with one attached hydrogen (secondary N) is 2. The van der Waals surface area contributed by atoms with Crippen LogP contribution < -0.4 is 15.6 Å². The Morgan fingerprint density at radius 3 is 2.49 bits per heavy atom. The van der Waals surface area contributed by atoms with E-state index in [0.717, 1.165) is 76.5 Å². The van der Waals surface area contributed by atoms with Gasteiger partial charge >= 0.3 is 12.0 Å². The third-order valence-electron chi connectivity index (χ3n) is 13.1. The molecular weight excluding hydrogens is 845 g/mol. The van der Waals surface area contributed by atoms with E-state index in [1.54, 1.807) is 28.3 Å². The second-order valence-corrected chi connectivity index (χ2v) is 20.2. The van der Waals surface area contributed by atoms with E-state index >= 15 is 0 Å². The molecule has 0 radical (unpaired) electrons. The van der Waals surface area contributed by atoms with Crippen LogP contribution in [0.2, 0.25) is 0 Å². The number of hydrogen-bond donors (Lipinski definition) is 2. The van der Waals surface area contributed by atoms with Crippen molar-refractivity contribution in [3.8, 4) is 22.5 Å². The SMILES string of the molecule is CCn1c(-c2cc(N3CCN(C)CC3)cnc2[C@H](C)OC)c2c3cc(ccc31)-c1csc(n1)C[C@H](NC(=O)C(C(C)C)N(C)C(=O)N(C)C)C(=O)N1CCC[C@H](N1)C(=O)OCC(C)(C)C2. The van der Waals surface area contributed by atoms with Crippen LogP contribution in [0.4, 0.5) is 10.5 Å². The molecule has 1 aromatic carbocycles. The summed E-state index contributed by atoms with van der Waals surface area (Å²) in [5.74, 6) is -1.54. The number of nitrogens with zero attached hydrogens (tertiary/aromatic N) is 8. The summed E-state index contributed by atoms with van der Waals surface area (Å²) < 4.78 is 14.5. The zero-order valence-electron chi connectivity index (χ0n) is 40.1. The Hall–Kier alpha value is -5.10. The zero-order chi connectivity index (χ0) is 46.9. The van der Waals surface area contributed by atoms with Crippen LogP contribution in [-0.4, -0.2) is 151 Å². The lowest BCUT2D eigenvalue weighted by atomic mass is 9.84. The molecule has 4 atom stereocenters. The van der Waals surface area contributed by atoms with Crippen LogP contribution in [0.5, 0.6) is 0 Å². The Balaban J connectivity index is 1.35. The molecule has 0 aliphatic carbocycles. The highest BCUT2D eigenvalue weighted by Crippen LogP contribution is 2.43. The van der Waals surface area contributed by atoms with Gasteiger partial charge in [0.05, 0.1) is 46.7 Å². The molecule has 352 valence electrons. The smallest absolute Gasteiger partial charge is 0.324 e. The quantitative estimate of drug-likeness (QED) is 0.202. The third-order valence-corrected chi connectivity index (χ3v) is 14.0. The maximum absolute atomic E-state index is 14.5. The highest BCUT2D eigenvalue weighted by molar-refractivity contribution is 7.10. The number of aromatic nitrogens is 3. The lowest BCUT2D eigenvalue weighted by Gasteiger charge is -2.36. The van der Waals surface area contributed by atoms with Gasteiger partial charge in [-0.25, -0.2) is 15.2 Å². The van der Waals surface area contributed by atoms with Gasteiger partial charge in [0.25, 0.3) is 5.91 Å². The third kappa shape index (κ3) is 10.2. The molecule has 6 heterocycles. The average Bonchev–Trinajstić information content (AvgIpc) is 3.88. The van der Waals surface area contributed by atoms with Crippen molar-refractivity contribution in [2.45, 2.75) is 98.0 Å². The van der Waals surface area contributed by atoms with E-state index in [0.29, 0.717) is 37.4 Å². The molecule has 1 unspecified atom stereocenters. The fourth-order valence-corrected chi connectivity index (χ4v) is 10.3. The van der Waals surface area contributed by atoms with Crippen LogP contribution in [-0.2, 0) is 43.2 Å². The van der Waals surface area contributed by atoms with E-state index in [2.05, 4.69) is 77.2 Å². The normalized spacial score (nSPS) is 20.6. The molecular formula is C48H68N10O6S. The number of hydrazine groups is 1. The van der Waals surface area contributed by atoms with Crippen LogP contribution in [0.15, 0.2) is 35.8 Å². The maximum atomic E-state index is 14.5. The minimum Gasteiger partial charge on any atom is -0.464 e. The highest BCUT2D eigenvalue weighted by atomic mass is 32.1. The van der Waals surface area contributed by atoms with Gasteiger partial charge in [-0.3, -0.25) is 24.4 Å². The van der Waals surface area contributed by atoms with Crippen molar-refractivity contribution < 1.29 is 28.7 Å². The molecule has 3 aromatic heterocycles. The number of esters is 1. The summed E-state index contributed by atoms with van der Waals surface area (Å²) in [6.45, 7) is 17.1. The van der Waals surface area contributed by atoms with Gasteiger partial charge in [0.1, 0.15) is 18.1 Å². The number of cyclic esters (lactones) is 1. The fraction of sp³-hybridized carbons (Fsp3) is 0.583. The molecule has 0 spiro atoms. The summed E-state index contributed by atoms with van der Waals surface area (Å²) in [4.78, 5) is 73.5. The number of piperazine rings is 1. The molecule has 7 rings (SSSR count). The summed E-state index contributed by atoms with van der Waals surface area (Å²) in [6, 6.07) is 5.76. The number of amides is 4. The summed E-state index contributed by atoms with van der Waals surface area (Å²) in [6.07, 6.45) is 3.43. The largest absolute Gasteiger partial charge is 0.464 e. The van der Waals surface area contributed by atoms with E-state index < -0.39 is 41.3 Å². The van der Waals surface area contributed by atoms with E-state index in [-0.39, 0.29) is 31.1 Å². The number of fused-ring (bicyclic) bond motifs is 6. The van der Waals surface area contributed by atoms with Crippen molar-refractivity contribution in [2.75, 3.05) is 79.5 Å². The molecule has 2 fully saturated rings. The number of ether oxygens (including phenoxy) is 2. The van der Waals surface area contributed by atoms with Gasteiger partial charge < -0.3 is 39.0 Å². The maximum Gasteiger partial charge on any atom is 0.324 e. The van der Waals surface area contributed by atoms with Crippen LogP contribution in [0.3, 0.4) is 0 Å². The second kappa shape index (κ2) is 19.8. The molecule has 2 saturated heterocycles. The molecule has 6 bridgehead atoms. The predicted octanol–water partition coefficient (Wildman–Crippen LogP) is 5.59. The molecule has 16 nitrogen and oxygen atoms in total. The Kier molecular flexibility index (Phi) is 14.6. The Labute approximate surface area is 387 Å². The lowest BCUT2D eigenvalue weighted by molar-refractivity contribution is -0.155. The molecule has 4 amide bonds. The lowest BCUT2D eigenvalue weighted by Crippen LogP contribution is -2.62. The second-order valence-electron chi connectivity index (χ2n) is 19.2. The van der Waals surface area contributed by atoms with Crippen molar-refractivity contribution in [1.29, 1.82) is 0 Å². The van der Waals surface area contributed by atoms with Gasteiger partial charge in [-0.05, 0) is 69.8 Å². The van der Waals surface area contributed by atoms with Crippen molar-refractivity contribution in [3.05, 3.63) is 52.1 Å². The van der Waals surface area contributed by atoms with Crippen molar-refractivity contribution in [2.24, 2.45) is 11.3 Å². The number of aryl methyl sites for hydroxylation is 1. The Morgan fingerprint density at radius 1 is 1.08 bits per heavy atom. The van der Waals surface area contributed by atoms with E-state index in [9.17, 15) is 19.2 Å². The van der Waals surface area contributed by atoms with Crippen molar-refractivity contribution in [1.82, 2.24) is 45.0 Å². The van der Waals surface area contributed by atoms with Gasteiger partial charge in [-0.1, -0.05) is 33.8 Å².